The van der Waals surface area contributed by atoms with Crippen LogP contribution >= 0.6 is 0 Å². The van der Waals surface area contributed by atoms with Gasteiger partial charge in [-0.2, -0.15) is 0 Å². The van der Waals surface area contributed by atoms with Crippen LogP contribution in [0, 0.1) is 5.92 Å². The fourth-order valence-electron chi connectivity index (χ4n) is 4.60. The normalized spacial score (nSPS) is 24.5. The number of carbonyl (C=O) groups excluding carboxylic acids is 5. The molecule has 0 saturated carbocycles. The summed E-state index contributed by atoms with van der Waals surface area (Å²) in [6, 6.07) is -7.48. The first-order chi connectivity index (χ1) is 22.2. The molecule has 0 aromatic heterocycles. The number of rotatable bonds is 14. The first kappa shape index (κ1) is 40.7. The molecular formula is C29H52N10O8. The molecule has 1 rings (SSSR count). The lowest BCUT2D eigenvalue weighted by Gasteiger charge is -2.27. The van der Waals surface area contributed by atoms with E-state index in [9.17, 15) is 39.0 Å². The second-order valence-electron chi connectivity index (χ2n) is 11.7. The van der Waals surface area contributed by atoms with E-state index in [1.54, 1.807) is 0 Å². The van der Waals surface area contributed by atoms with Gasteiger partial charge >= 0.3 is 5.97 Å². The minimum absolute atomic E-state index is 0.0113. The molecule has 18 heteroatoms. The quantitative estimate of drug-likeness (QED) is 0.0370. The zero-order chi connectivity index (χ0) is 35.5. The third-order valence-corrected chi connectivity index (χ3v) is 7.19. The highest BCUT2D eigenvalue weighted by molar-refractivity contribution is 5.96. The van der Waals surface area contributed by atoms with E-state index in [1.165, 1.54) is 12.2 Å². The Morgan fingerprint density at radius 3 is 2.11 bits per heavy atom. The summed E-state index contributed by atoms with van der Waals surface area (Å²) in [5.41, 5.74) is 22.3. The van der Waals surface area contributed by atoms with Crippen molar-refractivity contribution in [2.75, 3.05) is 19.7 Å². The molecule has 0 aromatic carbocycles. The Balaban J connectivity index is 3.38. The zero-order valence-corrected chi connectivity index (χ0v) is 27.1. The Morgan fingerprint density at radius 1 is 0.915 bits per heavy atom. The Morgan fingerprint density at radius 2 is 1.51 bits per heavy atom. The van der Waals surface area contributed by atoms with E-state index in [-0.39, 0.29) is 50.5 Å². The van der Waals surface area contributed by atoms with E-state index in [0.29, 0.717) is 25.8 Å². The number of nitrogens with one attached hydrogen (secondary N) is 5. The van der Waals surface area contributed by atoms with Crippen LogP contribution in [0.2, 0.25) is 0 Å². The van der Waals surface area contributed by atoms with Gasteiger partial charge in [-0.25, -0.2) is 4.79 Å². The molecule has 1 aliphatic rings. The van der Waals surface area contributed by atoms with Gasteiger partial charge in [-0.1, -0.05) is 26.0 Å². The number of hydrogen-bond donors (Lipinski definition) is 11. The highest BCUT2D eigenvalue weighted by atomic mass is 16.4. The average Bonchev–Trinajstić information content (AvgIpc) is 3.00. The molecule has 47 heavy (non-hydrogen) atoms. The molecule has 15 N–H and O–H groups in total. The van der Waals surface area contributed by atoms with Crippen LogP contribution in [0.1, 0.15) is 65.2 Å². The molecule has 266 valence electrons. The predicted octanol–water partition coefficient (Wildman–Crippen LogP) is -3.61. The summed E-state index contributed by atoms with van der Waals surface area (Å²) in [6.45, 7) is 3.29. The molecule has 1 heterocycles. The van der Waals surface area contributed by atoms with E-state index in [0.717, 1.165) is 0 Å². The third kappa shape index (κ3) is 15.7. The molecule has 6 atom stereocenters. The number of aliphatic imine (C=N–C) groups is 1. The van der Waals surface area contributed by atoms with Crippen molar-refractivity contribution in [3.63, 3.8) is 0 Å². The first-order valence-electron chi connectivity index (χ1n) is 15.7. The molecule has 0 aliphatic carbocycles. The lowest BCUT2D eigenvalue weighted by Crippen LogP contribution is -2.60. The summed E-state index contributed by atoms with van der Waals surface area (Å²) >= 11 is 0. The van der Waals surface area contributed by atoms with E-state index < -0.39 is 78.4 Å². The van der Waals surface area contributed by atoms with Crippen LogP contribution in [0.25, 0.3) is 0 Å². The van der Waals surface area contributed by atoms with E-state index >= 15 is 0 Å². The Kier molecular flexibility index (Phi) is 18.6. The molecule has 0 spiro atoms. The maximum absolute atomic E-state index is 13.4. The molecule has 1 aliphatic heterocycles. The molecular weight excluding hydrogens is 616 g/mol. The third-order valence-electron chi connectivity index (χ3n) is 7.19. The summed E-state index contributed by atoms with van der Waals surface area (Å²) in [4.78, 5) is 81.7. The molecule has 0 radical (unpaired) electrons. The van der Waals surface area contributed by atoms with Crippen LogP contribution < -0.4 is 49.5 Å². The number of nitrogens with two attached hydrogens (primary N) is 4. The van der Waals surface area contributed by atoms with Crippen molar-refractivity contribution >= 4 is 41.5 Å². The minimum atomic E-state index is -1.52. The van der Waals surface area contributed by atoms with Crippen molar-refractivity contribution in [1.29, 1.82) is 0 Å². The highest BCUT2D eigenvalue weighted by Gasteiger charge is 2.32. The number of amides is 5. The SMILES string of the molecule is CC(C)C[C@@H]1NC(=O)[C@H](CCCN=C(N)N)NC(=O)[C@@H](N)C/C=C\C[C@@H](C(=O)N[C@@H](CCCCN)C(=O)O)NC(=O)[C@H](CO)NC1=O. The minimum Gasteiger partial charge on any atom is -0.480 e. The number of carbonyl (C=O) groups is 6. The standard InChI is InChI=1S/C29H52N10O8/c1-16(2)14-21-26(44)39-22(15-40)27(45)36-18(24(42)37-20(28(46)47)10-5-6-12-30)9-4-3-8-17(31)23(41)35-19(25(43)38-21)11-7-13-34-29(32)33/h3-4,16-22,40H,5-15,30-31H2,1-2H3,(H,35,41)(H,36,45)(H,37,42)(H,38,43)(H,39,44)(H,46,47)(H4,32,33,34)/b4-3-/t17-,18-,19-,20-,21-,22-/m0/s1. The Bertz CT molecular complexity index is 1130. The molecule has 0 bridgehead atoms. The summed E-state index contributed by atoms with van der Waals surface area (Å²) in [5, 5.41) is 32.1. The second-order valence-corrected chi connectivity index (χ2v) is 11.7. The van der Waals surface area contributed by atoms with Crippen molar-refractivity contribution in [3.05, 3.63) is 12.2 Å². The highest BCUT2D eigenvalue weighted by Crippen LogP contribution is 2.09. The average molecular weight is 669 g/mol. The molecule has 0 saturated heterocycles. The number of carboxylic acids is 1. The van der Waals surface area contributed by atoms with Crippen LogP contribution in [0.4, 0.5) is 0 Å². The van der Waals surface area contributed by atoms with Gasteiger partial charge in [0.2, 0.25) is 29.5 Å². The molecule has 5 amide bonds. The van der Waals surface area contributed by atoms with Gasteiger partial charge in [-0.15, -0.1) is 0 Å². The van der Waals surface area contributed by atoms with Crippen molar-refractivity contribution in [2.24, 2.45) is 33.8 Å². The van der Waals surface area contributed by atoms with Gasteiger partial charge in [0, 0.05) is 6.54 Å². The summed E-state index contributed by atoms with van der Waals surface area (Å²) in [6.07, 6.45) is 4.47. The van der Waals surface area contributed by atoms with Crippen LogP contribution in [0.5, 0.6) is 0 Å². The van der Waals surface area contributed by atoms with Crippen LogP contribution in [-0.4, -0.2) is 108 Å². The van der Waals surface area contributed by atoms with Crippen molar-refractivity contribution in [3.8, 4) is 0 Å². The topological polar surface area (TPSA) is 319 Å². The molecule has 0 aromatic rings. The van der Waals surface area contributed by atoms with Gasteiger partial charge < -0.3 is 59.7 Å². The fourth-order valence-corrected chi connectivity index (χ4v) is 4.60. The van der Waals surface area contributed by atoms with Gasteiger partial charge in [0.05, 0.1) is 12.6 Å². The number of aliphatic carboxylic acids is 1. The summed E-state index contributed by atoms with van der Waals surface area (Å²) < 4.78 is 0. The van der Waals surface area contributed by atoms with E-state index in [4.69, 9.17) is 22.9 Å². The van der Waals surface area contributed by atoms with Crippen molar-refractivity contribution < 1.29 is 39.0 Å². The number of nitrogens with zero attached hydrogens (tertiary/aromatic N) is 1. The van der Waals surface area contributed by atoms with Crippen LogP contribution in [-0.2, 0) is 28.8 Å². The zero-order valence-electron chi connectivity index (χ0n) is 27.1. The predicted molar refractivity (Wildman–Crippen MR) is 173 cm³/mol. The maximum Gasteiger partial charge on any atom is 0.326 e. The van der Waals surface area contributed by atoms with Crippen molar-refractivity contribution in [1.82, 2.24) is 26.6 Å². The number of aliphatic hydroxyl groups is 1. The van der Waals surface area contributed by atoms with Crippen molar-refractivity contribution in [2.45, 2.75) is 101 Å². The summed E-state index contributed by atoms with van der Waals surface area (Å²) in [5.74, 6) is -5.38. The van der Waals surface area contributed by atoms with Gasteiger partial charge in [-0.05, 0) is 63.8 Å². The van der Waals surface area contributed by atoms with Gasteiger partial charge in [0.15, 0.2) is 5.96 Å². The molecule has 0 fully saturated rings. The molecule has 0 unspecified atom stereocenters. The van der Waals surface area contributed by atoms with Crippen LogP contribution in [0.15, 0.2) is 17.1 Å². The fraction of sp³-hybridized carbons (Fsp3) is 0.690. The van der Waals surface area contributed by atoms with Crippen LogP contribution in [0.3, 0.4) is 0 Å². The lowest BCUT2D eigenvalue weighted by atomic mass is 10.0. The van der Waals surface area contributed by atoms with E-state index in [1.807, 2.05) is 13.8 Å². The van der Waals surface area contributed by atoms with Gasteiger partial charge in [-0.3, -0.25) is 29.0 Å². The number of carboxylic acid groups (broad SMARTS) is 1. The molecule has 18 nitrogen and oxygen atoms in total. The summed E-state index contributed by atoms with van der Waals surface area (Å²) in [7, 11) is 0. The Hall–Kier alpha value is -4.29. The number of hydrogen-bond acceptors (Lipinski definition) is 10. The first-order valence-corrected chi connectivity index (χ1v) is 15.7. The smallest absolute Gasteiger partial charge is 0.326 e. The number of guanidine groups is 1. The number of aliphatic hydroxyl groups excluding tert-OH is 1. The monoisotopic (exact) mass is 668 g/mol. The second kappa shape index (κ2) is 21.5. The Labute approximate surface area is 274 Å². The maximum atomic E-state index is 13.4. The van der Waals surface area contributed by atoms with Gasteiger partial charge in [0.1, 0.15) is 30.2 Å². The lowest BCUT2D eigenvalue weighted by molar-refractivity contribution is -0.142. The largest absolute Gasteiger partial charge is 0.480 e. The van der Waals surface area contributed by atoms with Gasteiger partial charge in [0.25, 0.3) is 0 Å². The van der Waals surface area contributed by atoms with E-state index in [2.05, 4.69) is 31.6 Å². The number of unbranched alkanes of at least 4 members (excludes halogenated alkanes) is 1.